The maximum atomic E-state index is 12.6. The van der Waals surface area contributed by atoms with Crippen molar-refractivity contribution in [3.05, 3.63) is 58.6 Å². The number of rotatable bonds is 4. The number of hydrogen-bond donors (Lipinski definition) is 1. The standard InChI is InChI=1S/C19H20ClNO3/c1-19(2,14-6-4-3-5-7-14)18(22)21-12-13-10-15(20)17-16(11-13)23-8-9-24-17/h3-7,10-11H,8-9,12H2,1-2H3,(H,21,22). The number of nitrogens with one attached hydrogen (secondary N) is 1. The molecule has 0 fully saturated rings. The Morgan fingerprint density at radius 2 is 1.88 bits per heavy atom. The highest BCUT2D eigenvalue weighted by Crippen LogP contribution is 2.38. The highest BCUT2D eigenvalue weighted by atomic mass is 35.5. The van der Waals surface area contributed by atoms with Crippen LogP contribution in [0.5, 0.6) is 11.5 Å². The van der Waals surface area contributed by atoms with Crippen molar-refractivity contribution in [1.82, 2.24) is 5.32 Å². The number of benzene rings is 2. The fraction of sp³-hybridized carbons (Fsp3) is 0.316. The van der Waals surface area contributed by atoms with Gasteiger partial charge >= 0.3 is 0 Å². The summed E-state index contributed by atoms with van der Waals surface area (Å²) in [7, 11) is 0. The molecular weight excluding hydrogens is 326 g/mol. The van der Waals surface area contributed by atoms with E-state index in [-0.39, 0.29) is 5.91 Å². The number of fused-ring (bicyclic) bond motifs is 1. The van der Waals surface area contributed by atoms with Gasteiger partial charge in [-0.25, -0.2) is 0 Å². The van der Waals surface area contributed by atoms with Crippen molar-refractivity contribution in [1.29, 1.82) is 0 Å². The van der Waals surface area contributed by atoms with Gasteiger partial charge in [-0.15, -0.1) is 0 Å². The third kappa shape index (κ3) is 3.34. The molecule has 5 heteroatoms. The molecule has 1 N–H and O–H groups in total. The SMILES string of the molecule is CC(C)(C(=O)NCc1cc(Cl)c2c(c1)OCCO2)c1ccccc1. The van der Waals surface area contributed by atoms with Gasteiger partial charge in [0.2, 0.25) is 5.91 Å². The maximum Gasteiger partial charge on any atom is 0.230 e. The van der Waals surface area contributed by atoms with Gasteiger partial charge in [0.15, 0.2) is 11.5 Å². The Morgan fingerprint density at radius 1 is 1.17 bits per heavy atom. The second-order valence-corrected chi connectivity index (χ2v) is 6.68. The lowest BCUT2D eigenvalue weighted by atomic mass is 9.84. The molecule has 1 aliphatic heterocycles. The number of carbonyl (C=O) groups is 1. The summed E-state index contributed by atoms with van der Waals surface area (Å²) in [4.78, 5) is 12.6. The predicted molar refractivity (Wildman–Crippen MR) is 93.8 cm³/mol. The van der Waals surface area contributed by atoms with Crippen molar-refractivity contribution in [2.45, 2.75) is 25.8 Å². The second-order valence-electron chi connectivity index (χ2n) is 6.28. The third-order valence-electron chi connectivity index (χ3n) is 4.17. The van der Waals surface area contributed by atoms with Gasteiger partial charge in [-0.2, -0.15) is 0 Å². The van der Waals surface area contributed by atoms with Gasteiger partial charge in [0.05, 0.1) is 10.4 Å². The first-order chi connectivity index (χ1) is 11.5. The lowest BCUT2D eigenvalue weighted by Gasteiger charge is -2.24. The molecule has 0 bridgehead atoms. The molecule has 2 aromatic rings. The monoisotopic (exact) mass is 345 g/mol. The van der Waals surface area contributed by atoms with Crippen molar-refractivity contribution < 1.29 is 14.3 Å². The highest BCUT2D eigenvalue weighted by molar-refractivity contribution is 6.32. The van der Waals surface area contributed by atoms with Crippen molar-refractivity contribution in [2.24, 2.45) is 0 Å². The average Bonchev–Trinajstić information content (AvgIpc) is 2.60. The Morgan fingerprint density at radius 3 is 2.62 bits per heavy atom. The van der Waals surface area contributed by atoms with Crippen molar-refractivity contribution in [3.8, 4) is 11.5 Å². The molecule has 0 unspecified atom stereocenters. The molecule has 1 aliphatic rings. The van der Waals surface area contributed by atoms with E-state index in [1.165, 1.54) is 0 Å². The Labute approximate surface area is 146 Å². The number of ether oxygens (including phenoxy) is 2. The number of hydrogen-bond acceptors (Lipinski definition) is 3. The number of halogens is 1. The summed E-state index contributed by atoms with van der Waals surface area (Å²) in [5, 5.41) is 3.48. The molecule has 0 aliphatic carbocycles. The zero-order valence-electron chi connectivity index (χ0n) is 13.8. The molecule has 4 nitrogen and oxygen atoms in total. The van der Waals surface area contributed by atoms with Gasteiger partial charge in [0.1, 0.15) is 13.2 Å². The van der Waals surface area contributed by atoms with Crippen molar-refractivity contribution in [2.75, 3.05) is 13.2 Å². The molecule has 0 atom stereocenters. The van der Waals surface area contributed by atoms with Gasteiger partial charge in [0, 0.05) is 6.54 Å². The first kappa shape index (κ1) is 16.7. The minimum Gasteiger partial charge on any atom is -0.486 e. The minimum atomic E-state index is -0.612. The van der Waals surface area contributed by atoms with E-state index in [0.29, 0.717) is 36.3 Å². The molecule has 0 spiro atoms. The molecule has 0 aromatic heterocycles. The molecule has 0 saturated heterocycles. The summed E-state index contributed by atoms with van der Waals surface area (Å²) in [6.07, 6.45) is 0. The number of carbonyl (C=O) groups excluding carboxylic acids is 1. The Kier molecular flexibility index (Phi) is 4.67. The molecule has 24 heavy (non-hydrogen) atoms. The molecule has 1 heterocycles. The third-order valence-corrected chi connectivity index (χ3v) is 4.45. The Balaban J connectivity index is 1.71. The quantitative estimate of drug-likeness (QED) is 0.919. The Bertz CT molecular complexity index is 744. The van der Waals surface area contributed by atoms with Crippen molar-refractivity contribution >= 4 is 17.5 Å². The van der Waals surface area contributed by atoms with E-state index in [1.54, 1.807) is 6.07 Å². The zero-order chi connectivity index (χ0) is 17.2. The van der Waals surface area contributed by atoms with Crippen LogP contribution in [0.15, 0.2) is 42.5 Å². The van der Waals surface area contributed by atoms with E-state index in [2.05, 4.69) is 5.32 Å². The maximum absolute atomic E-state index is 12.6. The fourth-order valence-electron chi connectivity index (χ4n) is 2.66. The topological polar surface area (TPSA) is 47.6 Å². The normalized spacial score (nSPS) is 13.5. The number of amides is 1. The van der Waals surface area contributed by atoms with E-state index >= 15 is 0 Å². The van der Waals surface area contributed by atoms with Crippen LogP contribution in [0.1, 0.15) is 25.0 Å². The van der Waals surface area contributed by atoms with Gasteiger partial charge in [-0.1, -0.05) is 41.9 Å². The molecule has 1 amide bonds. The van der Waals surface area contributed by atoms with Crippen LogP contribution in [0.3, 0.4) is 0 Å². The van der Waals surface area contributed by atoms with Crippen LogP contribution in [0.2, 0.25) is 5.02 Å². The minimum absolute atomic E-state index is 0.0419. The lowest BCUT2D eigenvalue weighted by Crippen LogP contribution is -2.39. The van der Waals surface area contributed by atoms with Crippen LogP contribution >= 0.6 is 11.6 Å². The van der Waals surface area contributed by atoms with Crippen LogP contribution in [-0.4, -0.2) is 19.1 Å². The van der Waals surface area contributed by atoms with Crippen LogP contribution in [0, 0.1) is 0 Å². The molecule has 2 aromatic carbocycles. The van der Waals surface area contributed by atoms with Gasteiger partial charge in [-0.3, -0.25) is 4.79 Å². The molecular formula is C19H20ClNO3. The fourth-order valence-corrected chi connectivity index (χ4v) is 2.94. The zero-order valence-corrected chi connectivity index (χ0v) is 14.5. The second kappa shape index (κ2) is 6.73. The first-order valence-electron chi connectivity index (χ1n) is 7.90. The molecule has 3 rings (SSSR count). The van der Waals surface area contributed by atoms with Crippen LogP contribution in [0.4, 0.5) is 0 Å². The summed E-state index contributed by atoms with van der Waals surface area (Å²) in [5.74, 6) is 1.16. The van der Waals surface area contributed by atoms with E-state index in [0.717, 1.165) is 11.1 Å². The van der Waals surface area contributed by atoms with Gasteiger partial charge in [0.25, 0.3) is 0 Å². The Hall–Kier alpha value is -2.20. The van der Waals surface area contributed by atoms with Crippen LogP contribution < -0.4 is 14.8 Å². The van der Waals surface area contributed by atoms with Crippen LogP contribution in [0.25, 0.3) is 0 Å². The summed E-state index contributed by atoms with van der Waals surface area (Å²) in [6.45, 7) is 5.20. The van der Waals surface area contributed by atoms with E-state index < -0.39 is 5.41 Å². The first-order valence-corrected chi connectivity index (χ1v) is 8.28. The van der Waals surface area contributed by atoms with E-state index in [9.17, 15) is 4.79 Å². The molecule has 126 valence electrons. The summed E-state index contributed by atoms with van der Waals surface area (Å²) in [5.41, 5.74) is 1.24. The van der Waals surface area contributed by atoms with Crippen molar-refractivity contribution in [3.63, 3.8) is 0 Å². The molecule has 0 radical (unpaired) electrons. The smallest absolute Gasteiger partial charge is 0.230 e. The molecule has 0 saturated carbocycles. The lowest BCUT2D eigenvalue weighted by molar-refractivity contribution is -0.125. The van der Waals surface area contributed by atoms with E-state index in [1.807, 2.05) is 50.2 Å². The summed E-state index contributed by atoms with van der Waals surface area (Å²) in [6, 6.07) is 13.4. The summed E-state index contributed by atoms with van der Waals surface area (Å²) >= 11 is 6.23. The van der Waals surface area contributed by atoms with Crippen LogP contribution in [-0.2, 0) is 16.8 Å². The predicted octanol–water partition coefficient (Wildman–Crippen LogP) is 3.71. The highest BCUT2D eigenvalue weighted by Gasteiger charge is 2.29. The van der Waals surface area contributed by atoms with Gasteiger partial charge < -0.3 is 14.8 Å². The van der Waals surface area contributed by atoms with E-state index in [4.69, 9.17) is 21.1 Å². The van der Waals surface area contributed by atoms with Gasteiger partial charge in [-0.05, 0) is 37.1 Å². The average molecular weight is 346 g/mol. The summed E-state index contributed by atoms with van der Waals surface area (Å²) < 4.78 is 11.1. The largest absolute Gasteiger partial charge is 0.486 e.